The van der Waals surface area contributed by atoms with Crippen molar-refractivity contribution in [3.8, 4) is 17.0 Å². The highest BCUT2D eigenvalue weighted by Gasteiger charge is 2.38. The minimum Gasteiger partial charge on any atom is -0.494 e. The Hall–Kier alpha value is -4.78. The molecule has 13 heteroatoms. The van der Waals surface area contributed by atoms with E-state index in [1.165, 1.54) is 13.2 Å². The molecule has 1 N–H and O–H groups in total. The number of pyridine rings is 1. The summed E-state index contributed by atoms with van der Waals surface area (Å²) in [6.45, 7) is 12.7. The first-order valence-corrected chi connectivity index (χ1v) is 14.8. The molecule has 0 aliphatic carbocycles. The van der Waals surface area contributed by atoms with Crippen molar-refractivity contribution in [3.05, 3.63) is 64.7 Å². The van der Waals surface area contributed by atoms with E-state index in [1.54, 1.807) is 12.3 Å². The number of anilines is 5. The number of nitrogens with zero attached hydrogens (tertiary/aromatic N) is 9. The number of ether oxygens (including phenoxy) is 1. The number of likely N-dealkylation sites (N-methyl/N-ethyl adjacent to an activating group) is 2. The Morgan fingerprint density at radius 3 is 2.51 bits per heavy atom. The van der Waals surface area contributed by atoms with Crippen molar-refractivity contribution >= 4 is 34.5 Å². The lowest BCUT2D eigenvalue weighted by molar-refractivity contribution is -0.384. The Bertz CT molecular complexity index is 1710. The van der Waals surface area contributed by atoms with Gasteiger partial charge in [-0.1, -0.05) is 13.8 Å². The van der Waals surface area contributed by atoms with E-state index in [-0.39, 0.29) is 21.6 Å². The van der Waals surface area contributed by atoms with E-state index < -0.39 is 0 Å². The minimum absolute atomic E-state index is 0.0409. The summed E-state index contributed by atoms with van der Waals surface area (Å²) >= 11 is 0. The molecule has 0 unspecified atom stereocenters. The van der Waals surface area contributed by atoms with Crippen molar-refractivity contribution in [2.24, 2.45) is 0 Å². The maximum Gasteiger partial charge on any atom is 0.294 e. The molecular weight excluding hydrogens is 572 g/mol. The third-order valence-corrected chi connectivity index (χ3v) is 7.88. The van der Waals surface area contributed by atoms with Crippen molar-refractivity contribution in [1.82, 2.24) is 29.6 Å². The van der Waals surface area contributed by atoms with E-state index in [9.17, 15) is 10.1 Å². The van der Waals surface area contributed by atoms with Crippen molar-refractivity contribution in [2.75, 3.05) is 63.0 Å². The number of benzene rings is 1. The molecule has 0 fully saturated rings. The zero-order chi connectivity index (χ0) is 32.7. The number of methoxy groups -OCH3 is 1. The van der Waals surface area contributed by atoms with Crippen LogP contribution >= 0.6 is 0 Å². The maximum atomic E-state index is 12.1. The van der Waals surface area contributed by atoms with Crippen molar-refractivity contribution < 1.29 is 9.66 Å². The molecule has 45 heavy (non-hydrogen) atoms. The summed E-state index contributed by atoms with van der Waals surface area (Å²) < 4.78 is 7.59. The van der Waals surface area contributed by atoms with E-state index in [0.29, 0.717) is 42.0 Å². The second kappa shape index (κ2) is 12.0. The second-order valence-corrected chi connectivity index (χ2v) is 13.3. The average molecular weight is 615 g/mol. The van der Waals surface area contributed by atoms with Gasteiger partial charge in [-0.15, -0.1) is 0 Å². The molecule has 0 bridgehead atoms. The Morgan fingerprint density at radius 2 is 1.87 bits per heavy atom. The monoisotopic (exact) mass is 614 g/mol. The Morgan fingerprint density at radius 1 is 1.11 bits per heavy atom. The van der Waals surface area contributed by atoms with Crippen LogP contribution in [0.15, 0.2) is 48.9 Å². The van der Waals surface area contributed by atoms with Crippen LogP contribution in [0.5, 0.6) is 5.75 Å². The fourth-order valence-electron chi connectivity index (χ4n) is 5.34. The number of aromatic nitrogens is 5. The van der Waals surface area contributed by atoms with Crippen LogP contribution in [0.2, 0.25) is 0 Å². The zero-order valence-corrected chi connectivity index (χ0v) is 27.5. The molecule has 1 aliphatic heterocycles. The SMILES string of the molecule is COc1cc(N(C)CCN(C)C)c([N+](=O)[O-])cc1Nc1nccc(N2CC(C)(C)c3nc(-c4cnn(C(C)(C)C)c4)ccc32)n1. The second-order valence-electron chi connectivity index (χ2n) is 13.3. The van der Waals surface area contributed by atoms with Crippen LogP contribution in [-0.2, 0) is 11.0 Å². The fourth-order valence-corrected chi connectivity index (χ4v) is 5.34. The molecule has 13 nitrogen and oxygen atoms in total. The predicted molar refractivity (Wildman–Crippen MR) is 177 cm³/mol. The van der Waals surface area contributed by atoms with Crippen LogP contribution in [0, 0.1) is 10.1 Å². The van der Waals surface area contributed by atoms with Crippen molar-refractivity contribution in [1.29, 1.82) is 0 Å². The standard InChI is InChI=1S/C32H42N10O3/c1-31(2,3)41-19-21(18-34-41)22-10-11-24-29(35-22)32(4,5)20-40(24)28-12-13-33-30(37-28)36-23-16-26(42(43)44)25(17-27(23)45-9)39(8)15-14-38(6)7/h10-13,16-19H,14-15,20H2,1-9H3,(H,33,36,37). The van der Waals surface area contributed by atoms with E-state index in [0.717, 1.165) is 29.2 Å². The molecule has 0 amide bonds. The summed E-state index contributed by atoms with van der Waals surface area (Å²) in [7, 11) is 7.29. The Labute approximate surface area is 264 Å². The largest absolute Gasteiger partial charge is 0.494 e. The van der Waals surface area contributed by atoms with E-state index >= 15 is 0 Å². The van der Waals surface area contributed by atoms with Gasteiger partial charge in [0.2, 0.25) is 5.95 Å². The van der Waals surface area contributed by atoms with Crippen LogP contribution in [0.3, 0.4) is 0 Å². The highest BCUT2D eigenvalue weighted by molar-refractivity contribution is 5.77. The average Bonchev–Trinajstić information content (AvgIpc) is 3.59. The lowest BCUT2D eigenvalue weighted by Crippen LogP contribution is -2.29. The van der Waals surface area contributed by atoms with Gasteiger partial charge in [-0.2, -0.15) is 10.1 Å². The molecule has 3 aromatic heterocycles. The molecule has 0 saturated carbocycles. The van der Waals surface area contributed by atoms with Gasteiger partial charge in [0.25, 0.3) is 5.69 Å². The van der Waals surface area contributed by atoms with E-state index in [2.05, 4.69) is 61.0 Å². The molecular formula is C32H42N10O3. The molecule has 0 radical (unpaired) electrons. The molecule has 0 atom stereocenters. The molecule has 238 valence electrons. The topological polar surface area (TPSA) is 131 Å². The van der Waals surface area contributed by atoms with Crippen molar-refractivity contribution in [2.45, 2.75) is 45.6 Å². The third-order valence-electron chi connectivity index (χ3n) is 7.88. The van der Waals surface area contributed by atoms with Gasteiger partial charge < -0.3 is 24.8 Å². The number of nitro benzene ring substituents is 1. The summed E-state index contributed by atoms with van der Waals surface area (Å²) in [6, 6.07) is 9.08. The fraction of sp³-hybridized carbons (Fsp3) is 0.438. The van der Waals surface area contributed by atoms with E-state index in [1.807, 2.05) is 60.2 Å². The van der Waals surface area contributed by atoms with Crippen LogP contribution in [0.25, 0.3) is 11.3 Å². The van der Waals surface area contributed by atoms with Gasteiger partial charge in [-0.05, 0) is 53.1 Å². The van der Waals surface area contributed by atoms with Crippen molar-refractivity contribution in [3.63, 3.8) is 0 Å². The van der Waals surface area contributed by atoms with Gasteiger partial charge in [0.15, 0.2) is 0 Å². The van der Waals surface area contributed by atoms with Gasteiger partial charge >= 0.3 is 0 Å². The lowest BCUT2D eigenvalue weighted by Gasteiger charge is -2.23. The number of rotatable bonds is 10. The summed E-state index contributed by atoms with van der Waals surface area (Å²) in [4.78, 5) is 32.0. The number of hydrogen-bond acceptors (Lipinski definition) is 11. The minimum atomic E-state index is -0.387. The van der Waals surface area contributed by atoms with E-state index in [4.69, 9.17) is 14.7 Å². The molecule has 1 aliphatic rings. The highest BCUT2D eigenvalue weighted by Crippen LogP contribution is 2.44. The quantitative estimate of drug-likeness (QED) is 0.177. The first-order valence-electron chi connectivity index (χ1n) is 14.8. The van der Waals surface area contributed by atoms with Gasteiger partial charge in [0, 0.05) is 62.2 Å². The molecule has 5 rings (SSSR count). The molecule has 0 spiro atoms. The summed E-state index contributed by atoms with van der Waals surface area (Å²) in [6.07, 6.45) is 5.56. The Kier molecular flexibility index (Phi) is 8.41. The number of nitrogens with one attached hydrogen (secondary N) is 1. The van der Waals surface area contributed by atoms with Crippen LogP contribution < -0.4 is 19.9 Å². The molecule has 0 saturated heterocycles. The molecule has 1 aromatic carbocycles. The Balaban J connectivity index is 1.44. The maximum absolute atomic E-state index is 12.1. The number of fused-ring (bicyclic) bond motifs is 1. The normalized spacial score (nSPS) is 14.0. The zero-order valence-electron chi connectivity index (χ0n) is 27.5. The molecule has 4 heterocycles. The third kappa shape index (κ3) is 6.53. The summed E-state index contributed by atoms with van der Waals surface area (Å²) in [5.41, 5.74) is 4.23. The van der Waals surface area contributed by atoms with Gasteiger partial charge in [-0.25, -0.2) is 9.97 Å². The smallest absolute Gasteiger partial charge is 0.294 e. The van der Waals surface area contributed by atoms with Gasteiger partial charge in [0.05, 0.1) is 46.5 Å². The highest BCUT2D eigenvalue weighted by atomic mass is 16.6. The lowest BCUT2D eigenvalue weighted by atomic mass is 9.91. The molecule has 4 aromatic rings. The first kappa shape index (κ1) is 31.6. The summed E-state index contributed by atoms with van der Waals surface area (Å²) in [5, 5.41) is 19.8. The van der Waals surface area contributed by atoms with Gasteiger partial charge in [-0.3, -0.25) is 14.8 Å². The van der Waals surface area contributed by atoms with Crippen LogP contribution in [-0.4, -0.2) is 82.4 Å². The number of nitro groups is 1. The number of hydrogen-bond donors (Lipinski definition) is 1. The van der Waals surface area contributed by atoms with Crippen LogP contribution in [0.1, 0.15) is 40.3 Å². The van der Waals surface area contributed by atoms with Crippen LogP contribution in [0.4, 0.5) is 34.5 Å². The summed E-state index contributed by atoms with van der Waals surface area (Å²) in [5.74, 6) is 1.42. The predicted octanol–water partition coefficient (Wildman–Crippen LogP) is 5.58. The first-order chi connectivity index (χ1) is 21.2. The van der Waals surface area contributed by atoms with Gasteiger partial charge in [0.1, 0.15) is 17.3 Å².